The lowest BCUT2D eigenvalue weighted by atomic mass is 10.0. The number of benzene rings is 3. The fourth-order valence-corrected chi connectivity index (χ4v) is 4.16. The van der Waals surface area contributed by atoms with Gasteiger partial charge in [0.25, 0.3) is 0 Å². The maximum Gasteiger partial charge on any atom is 0.141 e. The van der Waals surface area contributed by atoms with Crippen LogP contribution in [0.3, 0.4) is 0 Å². The SMILES string of the molecule is C=CCc1c(OCCCCOc2ccc(CC=O)cc2Cl)ccc2c(-c3ccccc3)coc12. The van der Waals surface area contributed by atoms with Crippen LogP contribution in [0.4, 0.5) is 0 Å². The van der Waals surface area contributed by atoms with E-state index in [9.17, 15) is 4.79 Å². The molecule has 5 heteroatoms. The molecule has 1 heterocycles. The van der Waals surface area contributed by atoms with Crippen molar-refractivity contribution >= 4 is 28.9 Å². The third-order valence-corrected chi connectivity index (χ3v) is 5.90. The van der Waals surface area contributed by atoms with E-state index in [0.717, 1.165) is 58.1 Å². The summed E-state index contributed by atoms with van der Waals surface area (Å²) in [6.07, 6.45) is 7.20. The topological polar surface area (TPSA) is 48.7 Å². The summed E-state index contributed by atoms with van der Waals surface area (Å²) in [5.41, 5.74) is 4.92. The molecule has 1 aromatic heterocycles. The van der Waals surface area contributed by atoms with Gasteiger partial charge in [-0.1, -0.05) is 54.1 Å². The van der Waals surface area contributed by atoms with Crippen molar-refractivity contribution < 1.29 is 18.7 Å². The number of hydrogen-bond donors (Lipinski definition) is 0. The van der Waals surface area contributed by atoms with Gasteiger partial charge >= 0.3 is 0 Å². The van der Waals surface area contributed by atoms with Gasteiger partial charge in [-0.3, -0.25) is 0 Å². The number of carbonyl (C=O) groups is 1. The van der Waals surface area contributed by atoms with Gasteiger partial charge in [-0.2, -0.15) is 0 Å². The van der Waals surface area contributed by atoms with E-state index in [1.807, 2.05) is 48.7 Å². The van der Waals surface area contributed by atoms with Crippen molar-refractivity contribution in [2.45, 2.75) is 25.7 Å². The number of unbranched alkanes of at least 4 members (excludes halogenated alkanes) is 1. The van der Waals surface area contributed by atoms with Crippen LogP contribution >= 0.6 is 11.6 Å². The first-order chi connectivity index (χ1) is 16.7. The molecular weight excluding hydrogens is 448 g/mol. The van der Waals surface area contributed by atoms with Gasteiger partial charge in [-0.25, -0.2) is 0 Å². The van der Waals surface area contributed by atoms with Crippen molar-refractivity contribution in [1.29, 1.82) is 0 Å². The van der Waals surface area contributed by atoms with Gasteiger partial charge in [0, 0.05) is 22.9 Å². The number of hydrogen-bond acceptors (Lipinski definition) is 4. The number of rotatable bonds is 12. The van der Waals surface area contributed by atoms with Crippen LogP contribution in [0, 0.1) is 0 Å². The molecule has 0 aliphatic carbocycles. The second-order valence-corrected chi connectivity index (χ2v) is 8.37. The molecule has 0 atom stereocenters. The van der Waals surface area contributed by atoms with E-state index in [2.05, 4.69) is 24.8 Å². The summed E-state index contributed by atoms with van der Waals surface area (Å²) in [4.78, 5) is 10.6. The molecule has 0 aliphatic rings. The summed E-state index contributed by atoms with van der Waals surface area (Å²) in [6.45, 7) is 5.00. The summed E-state index contributed by atoms with van der Waals surface area (Å²) in [6, 6.07) is 19.7. The second kappa shape index (κ2) is 11.6. The van der Waals surface area contributed by atoms with Crippen LogP contribution in [-0.4, -0.2) is 19.5 Å². The summed E-state index contributed by atoms with van der Waals surface area (Å²) in [5.74, 6) is 1.44. The van der Waals surface area contributed by atoms with Gasteiger partial charge in [0.1, 0.15) is 23.4 Å². The molecule has 0 radical (unpaired) electrons. The molecule has 0 fully saturated rings. The average molecular weight is 475 g/mol. The summed E-state index contributed by atoms with van der Waals surface area (Å²) < 4.78 is 17.9. The van der Waals surface area contributed by atoms with Crippen molar-refractivity contribution in [2.75, 3.05) is 13.2 Å². The van der Waals surface area contributed by atoms with E-state index < -0.39 is 0 Å². The third-order valence-electron chi connectivity index (χ3n) is 5.60. The fourth-order valence-electron chi connectivity index (χ4n) is 3.90. The Balaban J connectivity index is 1.35. The molecule has 0 amide bonds. The van der Waals surface area contributed by atoms with Crippen LogP contribution in [0.15, 0.2) is 84.0 Å². The zero-order valence-electron chi connectivity index (χ0n) is 19.0. The minimum atomic E-state index is 0.350. The van der Waals surface area contributed by atoms with Crippen molar-refractivity contribution in [2.24, 2.45) is 0 Å². The van der Waals surface area contributed by atoms with Gasteiger partial charge in [0.15, 0.2) is 0 Å². The quantitative estimate of drug-likeness (QED) is 0.121. The van der Waals surface area contributed by atoms with Gasteiger partial charge in [-0.05, 0) is 54.7 Å². The summed E-state index contributed by atoms with van der Waals surface area (Å²) >= 11 is 6.24. The average Bonchev–Trinajstić information content (AvgIpc) is 3.29. The van der Waals surface area contributed by atoms with Crippen LogP contribution < -0.4 is 9.47 Å². The van der Waals surface area contributed by atoms with E-state index >= 15 is 0 Å². The largest absolute Gasteiger partial charge is 0.493 e. The van der Waals surface area contributed by atoms with Gasteiger partial charge in [0.05, 0.1) is 24.5 Å². The van der Waals surface area contributed by atoms with E-state index in [-0.39, 0.29) is 0 Å². The van der Waals surface area contributed by atoms with Crippen LogP contribution in [-0.2, 0) is 17.6 Å². The molecule has 3 aromatic carbocycles. The van der Waals surface area contributed by atoms with Gasteiger partial charge in [-0.15, -0.1) is 6.58 Å². The molecule has 0 bridgehead atoms. The molecule has 0 N–H and O–H groups in total. The monoisotopic (exact) mass is 474 g/mol. The number of fused-ring (bicyclic) bond motifs is 1. The number of ether oxygens (including phenoxy) is 2. The Morgan fingerprint density at radius 2 is 1.65 bits per heavy atom. The van der Waals surface area contributed by atoms with Gasteiger partial charge < -0.3 is 18.7 Å². The van der Waals surface area contributed by atoms with E-state index in [1.54, 1.807) is 6.07 Å². The van der Waals surface area contributed by atoms with Crippen molar-refractivity contribution in [3.05, 3.63) is 95.7 Å². The molecule has 0 aliphatic heterocycles. The highest BCUT2D eigenvalue weighted by Gasteiger charge is 2.15. The molecule has 0 saturated heterocycles. The number of allylic oxidation sites excluding steroid dienone is 1. The Morgan fingerprint density at radius 3 is 2.35 bits per heavy atom. The Labute approximate surface area is 204 Å². The Bertz CT molecular complexity index is 1260. The van der Waals surface area contributed by atoms with Crippen LogP contribution in [0.1, 0.15) is 24.0 Å². The number of aldehydes is 1. The van der Waals surface area contributed by atoms with Crippen LogP contribution in [0.25, 0.3) is 22.1 Å². The molecule has 4 rings (SSSR count). The van der Waals surface area contributed by atoms with Crippen LogP contribution in [0.2, 0.25) is 5.02 Å². The third kappa shape index (κ3) is 5.52. The highest BCUT2D eigenvalue weighted by atomic mass is 35.5. The highest BCUT2D eigenvalue weighted by Crippen LogP contribution is 2.36. The molecule has 0 saturated carbocycles. The number of halogens is 1. The predicted molar refractivity (Wildman–Crippen MR) is 137 cm³/mol. The number of carbonyl (C=O) groups excluding carboxylic acids is 1. The van der Waals surface area contributed by atoms with Crippen LogP contribution in [0.5, 0.6) is 11.5 Å². The molecular formula is C29H27ClO4. The smallest absolute Gasteiger partial charge is 0.141 e. The van der Waals surface area contributed by atoms with E-state index in [4.69, 9.17) is 25.5 Å². The highest BCUT2D eigenvalue weighted by molar-refractivity contribution is 6.32. The maximum absolute atomic E-state index is 10.6. The lowest BCUT2D eigenvalue weighted by Gasteiger charge is -2.12. The maximum atomic E-state index is 10.6. The summed E-state index contributed by atoms with van der Waals surface area (Å²) in [7, 11) is 0. The molecule has 174 valence electrons. The first-order valence-corrected chi connectivity index (χ1v) is 11.8. The zero-order valence-corrected chi connectivity index (χ0v) is 19.7. The van der Waals surface area contributed by atoms with Crippen molar-refractivity contribution in [1.82, 2.24) is 0 Å². The second-order valence-electron chi connectivity index (χ2n) is 7.97. The Morgan fingerprint density at radius 1 is 0.912 bits per heavy atom. The minimum Gasteiger partial charge on any atom is -0.493 e. The van der Waals surface area contributed by atoms with Crippen molar-refractivity contribution in [3.8, 4) is 22.6 Å². The predicted octanol–water partition coefficient (Wildman–Crippen LogP) is 7.46. The standard InChI is InChI=1S/C29H27ClO4/c1-2-8-24-27(14-12-23-25(20-34-29(23)24)22-9-4-3-5-10-22)32-17-6-7-18-33-28-13-11-21(15-16-31)19-26(28)30/h2-5,9-14,16,19-20H,1,6-8,15,17-18H2. The molecule has 34 heavy (non-hydrogen) atoms. The fraction of sp³-hybridized carbons (Fsp3) is 0.207. The van der Waals surface area contributed by atoms with E-state index in [1.165, 1.54) is 0 Å². The zero-order chi connectivity index (χ0) is 23.8. The molecule has 4 aromatic rings. The lowest BCUT2D eigenvalue weighted by Crippen LogP contribution is -2.04. The first kappa shape index (κ1) is 23.7. The molecule has 0 unspecified atom stereocenters. The normalized spacial score (nSPS) is 10.9. The molecule has 0 spiro atoms. The minimum absolute atomic E-state index is 0.350. The summed E-state index contributed by atoms with van der Waals surface area (Å²) in [5, 5.41) is 1.59. The van der Waals surface area contributed by atoms with Gasteiger partial charge in [0.2, 0.25) is 0 Å². The Kier molecular flexibility index (Phi) is 8.05. The number of furan rings is 1. The molecule has 4 nitrogen and oxygen atoms in total. The van der Waals surface area contributed by atoms with E-state index in [0.29, 0.717) is 36.8 Å². The first-order valence-electron chi connectivity index (χ1n) is 11.4. The lowest BCUT2D eigenvalue weighted by molar-refractivity contribution is -0.107. The Hall–Kier alpha value is -3.50. The van der Waals surface area contributed by atoms with Crippen molar-refractivity contribution in [3.63, 3.8) is 0 Å².